The molecular formula is C13H27FO4. The molecule has 0 bridgehead atoms. The van der Waals surface area contributed by atoms with Gasteiger partial charge in [0.15, 0.2) is 0 Å². The Hall–Kier alpha value is -0.230. The van der Waals surface area contributed by atoms with Crippen molar-refractivity contribution in [3.05, 3.63) is 0 Å². The Balaban J connectivity index is 4.08. The lowest BCUT2D eigenvalue weighted by molar-refractivity contribution is -0.0565. The maximum absolute atomic E-state index is 14.0. The second-order valence-corrected chi connectivity index (χ2v) is 5.92. The van der Waals surface area contributed by atoms with Gasteiger partial charge in [-0.2, -0.15) is 0 Å². The second-order valence-electron chi connectivity index (χ2n) is 5.92. The molecule has 0 aliphatic rings. The minimum atomic E-state index is -1.64. The Bertz CT molecular complexity index is 229. The third kappa shape index (κ3) is 7.26. The van der Waals surface area contributed by atoms with Gasteiger partial charge in [0.05, 0.1) is 25.9 Å². The van der Waals surface area contributed by atoms with Crippen molar-refractivity contribution in [1.29, 1.82) is 0 Å². The first-order chi connectivity index (χ1) is 8.10. The molecule has 0 aliphatic carbocycles. The van der Waals surface area contributed by atoms with Crippen molar-refractivity contribution in [2.45, 2.75) is 52.0 Å². The van der Waals surface area contributed by atoms with Crippen LogP contribution < -0.4 is 0 Å². The van der Waals surface area contributed by atoms with Gasteiger partial charge >= 0.3 is 0 Å². The van der Waals surface area contributed by atoms with E-state index in [2.05, 4.69) is 0 Å². The topological polar surface area (TPSA) is 58.9 Å². The highest BCUT2D eigenvalue weighted by Crippen LogP contribution is 2.33. The summed E-state index contributed by atoms with van der Waals surface area (Å²) in [7, 11) is 1.50. The van der Waals surface area contributed by atoms with E-state index in [1.807, 2.05) is 13.8 Å². The molecule has 0 radical (unpaired) electrons. The number of hydrogen-bond donors (Lipinski definition) is 2. The Morgan fingerprint density at radius 1 is 1.17 bits per heavy atom. The number of ether oxygens (including phenoxy) is 2. The standard InChI is InChI=1S/C13H27FO4/c1-10(15)13(4,14)8-12(2,3)9-18-7-11(16)6-17-5/h10-11,15-16H,6-9H2,1-5H3. The van der Waals surface area contributed by atoms with Crippen LogP contribution in [0.4, 0.5) is 4.39 Å². The number of aliphatic hydroxyl groups is 2. The lowest BCUT2D eigenvalue weighted by atomic mass is 9.80. The van der Waals surface area contributed by atoms with Crippen molar-refractivity contribution in [3.63, 3.8) is 0 Å². The molecule has 0 rings (SSSR count). The largest absolute Gasteiger partial charge is 0.390 e. The first-order valence-corrected chi connectivity index (χ1v) is 6.22. The lowest BCUT2D eigenvalue weighted by Gasteiger charge is -2.33. The minimum Gasteiger partial charge on any atom is -0.390 e. The quantitative estimate of drug-likeness (QED) is 0.664. The molecule has 0 saturated carbocycles. The van der Waals surface area contributed by atoms with Gasteiger partial charge in [0.2, 0.25) is 0 Å². The van der Waals surface area contributed by atoms with Crippen LogP contribution >= 0.6 is 0 Å². The third-order valence-electron chi connectivity index (χ3n) is 2.86. The monoisotopic (exact) mass is 266 g/mol. The van der Waals surface area contributed by atoms with E-state index in [-0.39, 0.29) is 19.6 Å². The molecule has 0 spiro atoms. The predicted molar refractivity (Wildman–Crippen MR) is 68.3 cm³/mol. The van der Waals surface area contributed by atoms with Gasteiger partial charge in [-0.1, -0.05) is 13.8 Å². The Labute approximate surface area is 109 Å². The molecule has 18 heavy (non-hydrogen) atoms. The number of aliphatic hydroxyl groups excluding tert-OH is 2. The highest BCUT2D eigenvalue weighted by molar-refractivity contribution is 4.86. The molecule has 3 atom stereocenters. The summed E-state index contributed by atoms with van der Waals surface area (Å²) in [5.74, 6) is 0. The average molecular weight is 266 g/mol. The van der Waals surface area contributed by atoms with E-state index < -0.39 is 23.3 Å². The zero-order valence-corrected chi connectivity index (χ0v) is 12.1. The molecule has 5 heteroatoms. The van der Waals surface area contributed by atoms with E-state index in [0.29, 0.717) is 6.61 Å². The molecule has 0 heterocycles. The summed E-state index contributed by atoms with van der Waals surface area (Å²) in [6, 6.07) is 0. The van der Waals surface area contributed by atoms with E-state index in [1.54, 1.807) is 0 Å². The molecule has 0 saturated heterocycles. The maximum atomic E-state index is 14.0. The van der Waals surface area contributed by atoms with Crippen LogP contribution in [0.3, 0.4) is 0 Å². The van der Waals surface area contributed by atoms with Gasteiger partial charge in [0, 0.05) is 7.11 Å². The molecular weight excluding hydrogens is 239 g/mol. The van der Waals surface area contributed by atoms with Gasteiger partial charge < -0.3 is 19.7 Å². The van der Waals surface area contributed by atoms with Crippen molar-refractivity contribution < 1.29 is 24.1 Å². The van der Waals surface area contributed by atoms with Crippen LogP contribution in [0.2, 0.25) is 0 Å². The lowest BCUT2D eigenvalue weighted by Crippen LogP contribution is -2.39. The number of halogens is 1. The highest BCUT2D eigenvalue weighted by Gasteiger charge is 2.36. The molecule has 0 aromatic carbocycles. The van der Waals surface area contributed by atoms with E-state index >= 15 is 0 Å². The highest BCUT2D eigenvalue weighted by atomic mass is 19.1. The Morgan fingerprint density at radius 2 is 1.72 bits per heavy atom. The zero-order valence-electron chi connectivity index (χ0n) is 12.1. The van der Waals surface area contributed by atoms with Crippen LogP contribution in [-0.4, -0.2) is 55.0 Å². The van der Waals surface area contributed by atoms with E-state index in [0.717, 1.165) is 0 Å². The van der Waals surface area contributed by atoms with E-state index in [9.17, 15) is 14.6 Å². The van der Waals surface area contributed by atoms with Crippen molar-refractivity contribution >= 4 is 0 Å². The van der Waals surface area contributed by atoms with E-state index in [4.69, 9.17) is 9.47 Å². The zero-order chi connectivity index (χ0) is 14.4. The normalized spacial score (nSPS) is 19.3. The summed E-state index contributed by atoms with van der Waals surface area (Å²) in [5.41, 5.74) is -2.05. The smallest absolute Gasteiger partial charge is 0.134 e. The SMILES string of the molecule is COCC(O)COCC(C)(C)CC(C)(F)C(C)O. The van der Waals surface area contributed by atoms with E-state index in [1.165, 1.54) is 21.0 Å². The van der Waals surface area contributed by atoms with Crippen molar-refractivity contribution in [2.75, 3.05) is 26.9 Å². The number of methoxy groups -OCH3 is 1. The number of alkyl halides is 1. The molecule has 0 fully saturated rings. The molecule has 0 amide bonds. The van der Waals surface area contributed by atoms with Gasteiger partial charge in [0.25, 0.3) is 0 Å². The summed E-state index contributed by atoms with van der Waals surface area (Å²) >= 11 is 0. The van der Waals surface area contributed by atoms with Gasteiger partial charge in [-0.15, -0.1) is 0 Å². The van der Waals surface area contributed by atoms with Crippen molar-refractivity contribution in [2.24, 2.45) is 5.41 Å². The van der Waals surface area contributed by atoms with Crippen LogP contribution in [0.15, 0.2) is 0 Å². The summed E-state index contributed by atoms with van der Waals surface area (Å²) in [6.45, 7) is 7.27. The number of hydrogen-bond acceptors (Lipinski definition) is 4. The van der Waals surface area contributed by atoms with Gasteiger partial charge in [-0.25, -0.2) is 4.39 Å². The van der Waals surface area contributed by atoms with Gasteiger partial charge in [-0.05, 0) is 25.7 Å². The second kappa shape index (κ2) is 7.38. The van der Waals surface area contributed by atoms with Crippen LogP contribution in [0.1, 0.15) is 34.1 Å². The van der Waals surface area contributed by atoms with Crippen LogP contribution in [-0.2, 0) is 9.47 Å². The van der Waals surface area contributed by atoms with Crippen LogP contribution in [0, 0.1) is 5.41 Å². The fraction of sp³-hybridized carbons (Fsp3) is 1.00. The summed E-state index contributed by atoms with van der Waals surface area (Å²) in [6.07, 6.45) is -1.49. The first kappa shape index (κ1) is 17.8. The van der Waals surface area contributed by atoms with Crippen molar-refractivity contribution in [1.82, 2.24) is 0 Å². The summed E-state index contributed by atoms with van der Waals surface area (Å²) in [4.78, 5) is 0. The molecule has 0 aliphatic heterocycles. The van der Waals surface area contributed by atoms with Gasteiger partial charge in [-0.3, -0.25) is 0 Å². The fourth-order valence-corrected chi connectivity index (χ4v) is 1.85. The number of rotatable bonds is 9. The first-order valence-electron chi connectivity index (χ1n) is 6.22. The summed E-state index contributed by atoms with van der Waals surface area (Å²) < 4.78 is 24.2. The molecule has 3 unspecified atom stereocenters. The molecule has 2 N–H and O–H groups in total. The Kier molecular flexibility index (Phi) is 7.29. The molecule has 110 valence electrons. The molecule has 4 nitrogen and oxygen atoms in total. The minimum absolute atomic E-state index is 0.162. The third-order valence-corrected chi connectivity index (χ3v) is 2.86. The predicted octanol–water partition coefficient (Wildman–Crippen LogP) is 1.54. The van der Waals surface area contributed by atoms with Crippen molar-refractivity contribution in [3.8, 4) is 0 Å². The Morgan fingerprint density at radius 3 is 2.17 bits per heavy atom. The molecule has 0 aromatic heterocycles. The maximum Gasteiger partial charge on any atom is 0.134 e. The fourth-order valence-electron chi connectivity index (χ4n) is 1.85. The average Bonchev–Trinajstić information content (AvgIpc) is 2.15. The van der Waals surface area contributed by atoms with Crippen LogP contribution in [0.25, 0.3) is 0 Å². The molecule has 0 aromatic rings. The summed E-state index contributed by atoms with van der Waals surface area (Å²) in [5, 5.41) is 18.8. The van der Waals surface area contributed by atoms with Gasteiger partial charge in [0.1, 0.15) is 11.8 Å². The van der Waals surface area contributed by atoms with Crippen LogP contribution in [0.5, 0.6) is 0 Å².